The van der Waals surface area contributed by atoms with Gasteiger partial charge in [-0.1, -0.05) is 24.3 Å². The molecule has 0 aliphatic carbocycles. The highest BCUT2D eigenvalue weighted by Crippen LogP contribution is 2.43. The van der Waals surface area contributed by atoms with Gasteiger partial charge in [0.25, 0.3) is 0 Å². The molecule has 0 amide bonds. The van der Waals surface area contributed by atoms with Crippen molar-refractivity contribution in [1.82, 2.24) is 25.1 Å². The quantitative estimate of drug-likeness (QED) is 0.202. The number of carbonyl (C=O) groups excluding carboxylic acids is 1. The van der Waals surface area contributed by atoms with Gasteiger partial charge >= 0.3 is 18.1 Å². The highest BCUT2D eigenvalue weighted by Gasteiger charge is 2.46. The first-order chi connectivity index (χ1) is 23.3. The lowest BCUT2D eigenvalue weighted by atomic mass is 9.76. The molecule has 2 aromatic carbocycles. The summed E-state index contributed by atoms with van der Waals surface area (Å²) in [6, 6.07) is 13.5. The van der Waals surface area contributed by atoms with E-state index in [1.807, 2.05) is 4.90 Å². The minimum absolute atomic E-state index is 0.114. The number of halogens is 3. The number of nitrogens with one attached hydrogen (secondary N) is 1. The molecule has 0 radical (unpaired) electrons. The number of nitrogen functional groups attached to an aromatic ring is 1. The lowest BCUT2D eigenvalue weighted by Gasteiger charge is -2.39. The molecule has 0 saturated carbocycles. The third-order valence-electron chi connectivity index (χ3n) is 9.04. The molecule has 49 heavy (non-hydrogen) atoms. The van der Waals surface area contributed by atoms with Crippen LogP contribution in [0.4, 0.5) is 24.9 Å². The zero-order valence-corrected chi connectivity index (χ0v) is 26.9. The van der Waals surface area contributed by atoms with Gasteiger partial charge in [-0.3, -0.25) is 4.79 Å². The molecule has 15 heteroatoms. The summed E-state index contributed by atoms with van der Waals surface area (Å²) < 4.78 is 56.8. The fourth-order valence-electron chi connectivity index (χ4n) is 6.50. The third kappa shape index (κ3) is 7.31. The van der Waals surface area contributed by atoms with E-state index in [1.165, 1.54) is 22.9 Å². The number of ether oxygens (including phenoxy) is 2. The lowest BCUT2D eigenvalue weighted by molar-refractivity contribution is -0.198. The summed E-state index contributed by atoms with van der Waals surface area (Å²) in [7, 11) is 0. The lowest BCUT2D eigenvalue weighted by Crippen LogP contribution is -2.41. The predicted octanol–water partition coefficient (Wildman–Crippen LogP) is 5.11. The Balaban J connectivity index is 1.31. The van der Waals surface area contributed by atoms with Gasteiger partial charge < -0.3 is 30.5 Å². The number of benzene rings is 2. The summed E-state index contributed by atoms with van der Waals surface area (Å²) in [6.45, 7) is 5.22. The summed E-state index contributed by atoms with van der Waals surface area (Å²) >= 11 is 0. The van der Waals surface area contributed by atoms with Crippen LogP contribution in [0.2, 0.25) is 0 Å². The maximum atomic E-state index is 14.9. The zero-order valence-electron chi connectivity index (χ0n) is 26.9. The number of alkyl halides is 3. The smallest absolute Gasteiger partial charge is 0.429 e. The number of aryl methyl sites for hydroxylation is 1. The van der Waals surface area contributed by atoms with Gasteiger partial charge in [-0.25, -0.2) is 9.48 Å². The molecule has 2 aliphatic rings. The second kappa shape index (κ2) is 13.4. The van der Waals surface area contributed by atoms with Gasteiger partial charge in [0, 0.05) is 37.5 Å². The Morgan fingerprint density at radius 1 is 1.10 bits per heavy atom. The van der Waals surface area contributed by atoms with Crippen molar-refractivity contribution in [1.29, 1.82) is 0 Å². The van der Waals surface area contributed by atoms with Gasteiger partial charge in [-0.05, 0) is 73.9 Å². The third-order valence-corrected chi connectivity index (χ3v) is 9.04. The number of carboxylic acid groups (broad SMARTS) is 1. The standard InChI is InChI=1S/C34H36F3N7O5/c1-3-48-31(47)23-6-4-5-21(15-23)22-7-8-24(26(16-22)44-12-9-20(2)42-44)29(34(35,36)37)49-28-17-27(40-32(38)41-28)43-13-10-33(11-14-43)18-25(30(45)46)39-19-33/h4-9,12,15-17,25,29,39H,3,10-11,13-14,18-19H2,1-2H3,(H,45,46)(H2,38,40,41)/t25-,29+/m0/s1. The molecule has 2 atom stereocenters. The molecule has 0 bridgehead atoms. The molecule has 4 heterocycles. The van der Waals surface area contributed by atoms with E-state index in [0.717, 1.165) is 0 Å². The van der Waals surface area contributed by atoms with E-state index in [4.69, 9.17) is 15.2 Å². The summed E-state index contributed by atoms with van der Waals surface area (Å²) in [5, 5.41) is 16.9. The topological polar surface area (TPSA) is 158 Å². The maximum Gasteiger partial charge on any atom is 0.429 e. The predicted molar refractivity (Wildman–Crippen MR) is 173 cm³/mol. The van der Waals surface area contributed by atoms with Crippen LogP contribution in [0.3, 0.4) is 0 Å². The summed E-state index contributed by atoms with van der Waals surface area (Å²) in [4.78, 5) is 34.0. The summed E-state index contributed by atoms with van der Waals surface area (Å²) in [6.07, 6.45) is -3.92. The van der Waals surface area contributed by atoms with Crippen LogP contribution in [-0.4, -0.2) is 75.3 Å². The van der Waals surface area contributed by atoms with E-state index in [0.29, 0.717) is 67.1 Å². The van der Waals surface area contributed by atoms with Crippen molar-refractivity contribution in [3.05, 3.63) is 77.6 Å². The van der Waals surface area contributed by atoms with Gasteiger partial charge in [-0.15, -0.1) is 0 Å². The zero-order chi connectivity index (χ0) is 34.9. The molecule has 2 aliphatic heterocycles. The summed E-state index contributed by atoms with van der Waals surface area (Å²) in [5.74, 6) is -1.68. The van der Waals surface area contributed by atoms with Crippen molar-refractivity contribution in [3.63, 3.8) is 0 Å². The Morgan fingerprint density at radius 2 is 1.86 bits per heavy atom. The van der Waals surface area contributed by atoms with Crippen LogP contribution in [0, 0.1) is 12.3 Å². The van der Waals surface area contributed by atoms with E-state index in [-0.39, 0.29) is 35.1 Å². The fourth-order valence-corrected chi connectivity index (χ4v) is 6.50. The Kier molecular flexibility index (Phi) is 9.20. The number of nitrogens with two attached hydrogens (primary N) is 1. The Bertz CT molecular complexity index is 1860. The van der Waals surface area contributed by atoms with Crippen molar-refractivity contribution in [3.8, 4) is 22.7 Å². The van der Waals surface area contributed by atoms with Crippen molar-refractivity contribution in [2.45, 2.75) is 51.4 Å². The minimum Gasteiger partial charge on any atom is -0.480 e. The van der Waals surface area contributed by atoms with Gasteiger partial charge in [-0.2, -0.15) is 28.2 Å². The van der Waals surface area contributed by atoms with Crippen molar-refractivity contribution in [2.75, 3.05) is 36.9 Å². The number of hydrogen-bond acceptors (Lipinski definition) is 10. The highest BCUT2D eigenvalue weighted by atomic mass is 19.4. The maximum absolute atomic E-state index is 14.9. The van der Waals surface area contributed by atoms with E-state index < -0.39 is 30.3 Å². The van der Waals surface area contributed by atoms with Crippen LogP contribution in [0.5, 0.6) is 5.88 Å². The van der Waals surface area contributed by atoms with Crippen LogP contribution < -0.4 is 20.7 Å². The van der Waals surface area contributed by atoms with Crippen LogP contribution in [-0.2, 0) is 9.53 Å². The number of carbonyl (C=O) groups is 2. The van der Waals surface area contributed by atoms with Gasteiger partial charge in [0.05, 0.1) is 23.6 Å². The monoisotopic (exact) mass is 679 g/mol. The number of piperidine rings is 1. The molecule has 4 aromatic rings. The molecule has 0 unspecified atom stereocenters. The second-order valence-electron chi connectivity index (χ2n) is 12.4. The molecular formula is C34H36F3N7O5. The van der Waals surface area contributed by atoms with Crippen LogP contribution in [0.1, 0.15) is 53.9 Å². The Hall–Kier alpha value is -5.18. The van der Waals surface area contributed by atoms with Gasteiger partial charge in [0.2, 0.25) is 17.9 Å². The minimum atomic E-state index is -4.88. The first-order valence-corrected chi connectivity index (χ1v) is 15.9. The normalized spacial score (nSPS) is 18.0. The van der Waals surface area contributed by atoms with Crippen LogP contribution in [0.25, 0.3) is 16.8 Å². The number of hydrogen-bond donors (Lipinski definition) is 3. The number of aromatic nitrogens is 4. The number of aliphatic carboxylic acids is 1. The Labute approximate surface area is 280 Å². The molecule has 4 N–H and O–H groups in total. The average molecular weight is 680 g/mol. The molecule has 1 spiro atoms. The fraction of sp³-hybridized carbons (Fsp3) is 0.382. The van der Waals surface area contributed by atoms with Crippen molar-refractivity contribution < 1.29 is 37.3 Å². The van der Waals surface area contributed by atoms with Gasteiger partial charge in [0.15, 0.2) is 0 Å². The van der Waals surface area contributed by atoms with E-state index in [9.17, 15) is 27.9 Å². The Morgan fingerprint density at radius 3 is 2.51 bits per heavy atom. The first-order valence-electron chi connectivity index (χ1n) is 15.9. The largest absolute Gasteiger partial charge is 0.480 e. The molecule has 6 rings (SSSR count). The molecule has 2 saturated heterocycles. The number of nitrogens with zero attached hydrogens (tertiary/aromatic N) is 5. The number of esters is 1. The molecule has 12 nitrogen and oxygen atoms in total. The van der Waals surface area contributed by atoms with Crippen molar-refractivity contribution in [2.24, 2.45) is 5.41 Å². The second-order valence-corrected chi connectivity index (χ2v) is 12.4. The van der Waals surface area contributed by atoms with E-state index >= 15 is 0 Å². The number of carboxylic acids is 1. The van der Waals surface area contributed by atoms with Crippen LogP contribution >= 0.6 is 0 Å². The van der Waals surface area contributed by atoms with Crippen molar-refractivity contribution >= 4 is 23.7 Å². The number of anilines is 2. The van der Waals surface area contributed by atoms with E-state index in [2.05, 4.69) is 20.4 Å². The van der Waals surface area contributed by atoms with E-state index in [1.54, 1.807) is 56.4 Å². The summed E-state index contributed by atoms with van der Waals surface area (Å²) in [5.41, 5.74) is 7.74. The van der Waals surface area contributed by atoms with Gasteiger partial charge in [0.1, 0.15) is 11.9 Å². The molecule has 258 valence electrons. The molecular weight excluding hydrogens is 643 g/mol. The molecule has 2 aromatic heterocycles. The van der Waals surface area contributed by atoms with Crippen LogP contribution in [0.15, 0.2) is 60.8 Å². The first kappa shape index (κ1) is 33.7. The SMILES string of the molecule is CCOC(=O)c1cccc(-c2ccc([C@@H](Oc3cc(N4CCC5(CC4)CN[C@H](C(=O)O)C5)nc(N)n3)C(F)(F)F)c(-n3ccc(C)n3)c2)c1. The highest BCUT2D eigenvalue weighted by molar-refractivity contribution is 5.91. The average Bonchev–Trinajstić information content (AvgIpc) is 3.70. The molecule has 2 fully saturated rings. The number of rotatable bonds is 9.